The molecule has 0 aliphatic rings. The molecule has 4 nitrogen and oxygen atoms in total. The molecular formula is C56H34N2O2. The van der Waals surface area contributed by atoms with Crippen LogP contribution in [0, 0.1) is 0 Å². The van der Waals surface area contributed by atoms with Crippen LogP contribution >= 0.6 is 0 Å². The van der Waals surface area contributed by atoms with Crippen molar-refractivity contribution in [3.05, 3.63) is 206 Å². The van der Waals surface area contributed by atoms with Crippen molar-refractivity contribution in [2.75, 3.05) is 0 Å². The van der Waals surface area contributed by atoms with E-state index in [0.717, 1.165) is 94.2 Å². The third-order valence-corrected chi connectivity index (χ3v) is 11.8. The smallest absolute Gasteiger partial charge is 0.161 e. The van der Waals surface area contributed by atoms with E-state index in [1.54, 1.807) is 0 Å². The minimum Gasteiger partial charge on any atom is -0.455 e. The quantitative estimate of drug-likeness (QED) is 0.169. The minimum absolute atomic E-state index is 0.606. The van der Waals surface area contributed by atoms with Gasteiger partial charge in [0, 0.05) is 43.8 Å². The van der Waals surface area contributed by atoms with Crippen molar-refractivity contribution < 1.29 is 8.83 Å². The molecule has 3 aromatic heterocycles. The van der Waals surface area contributed by atoms with Crippen molar-refractivity contribution in [2.24, 2.45) is 0 Å². The number of hydrogen-bond acceptors (Lipinski definition) is 4. The molecule has 0 spiro atoms. The lowest BCUT2D eigenvalue weighted by Crippen LogP contribution is -1.99. The molecule has 0 radical (unpaired) electrons. The van der Waals surface area contributed by atoms with Gasteiger partial charge in [-0.25, -0.2) is 9.97 Å². The van der Waals surface area contributed by atoms with E-state index in [0.29, 0.717) is 5.82 Å². The predicted octanol–water partition coefficient (Wildman–Crippen LogP) is 15.4. The molecule has 0 saturated carbocycles. The fourth-order valence-corrected chi connectivity index (χ4v) is 9.02. The van der Waals surface area contributed by atoms with Crippen LogP contribution in [-0.2, 0) is 0 Å². The molecule has 0 aliphatic heterocycles. The van der Waals surface area contributed by atoms with Gasteiger partial charge < -0.3 is 8.83 Å². The molecule has 0 amide bonds. The molecule has 12 aromatic rings. The average molecular weight is 767 g/mol. The van der Waals surface area contributed by atoms with Gasteiger partial charge in [-0.1, -0.05) is 176 Å². The van der Waals surface area contributed by atoms with Crippen LogP contribution in [0.3, 0.4) is 0 Å². The lowest BCUT2D eigenvalue weighted by Gasteiger charge is -2.19. The Balaban J connectivity index is 1.15. The number of rotatable bonds is 6. The lowest BCUT2D eigenvalue weighted by molar-refractivity contribution is 0.669. The zero-order valence-electron chi connectivity index (χ0n) is 32.3. The van der Waals surface area contributed by atoms with E-state index in [1.807, 2.05) is 24.3 Å². The average Bonchev–Trinajstić information content (AvgIpc) is 3.90. The van der Waals surface area contributed by atoms with Crippen molar-refractivity contribution in [1.29, 1.82) is 0 Å². The van der Waals surface area contributed by atoms with Gasteiger partial charge in [0.15, 0.2) is 5.82 Å². The van der Waals surface area contributed by atoms with Gasteiger partial charge in [0.25, 0.3) is 0 Å². The molecule has 12 rings (SSSR count). The third-order valence-electron chi connectivity index (χ3n) is 11.8. The standard InChI is InChI=1S/C56H34N2O2/c1-3-16-35(17-4-1)37-32-33-40(39-21-8-7-20-38(37)39)43-24-13-29-48(53(43)36-18-5-2-6-19-36)56-57-49(46-27-14-25-44-41-22-9-11-30-51(41)59-54(44)46)34-50(58-56)47-28-15-26-45-42-23-10-12-31-52(42)60-55(45)47/h1-34H. The zero-order chi connectivity index (χ0) is 39.6. The Kier molecular flexibility index (Phi) is 7.82. The Labute approximate surface area is 345 Å². The number of aromatic nitrogens is 2. The Morgan fingerprint density at radius 1 is 0.283 bits per heavy atom. The van der Waals surface area contributed by atoms with Crippen molar-refractivity contribution in [3.63, 3.8) is 0 Å². The second kappa shape index (κ2) is 13.8. The van der Waals surface area contributed by atoms with Crippen LogP contribution in [0.1, 0.15) is 0 Å². The summed E-state index contributed by atoms with van der Waals surface area (Å²) in [5.74, 6) is 0.606. The second-order valence-electron chi connectivity index (χ2n) is 15.2. The van der Waals surface area contributed by atoms with Crippen LogP contribution in [0.25, 0.3) is 122 Å². The normalized spacial score (nSPS) is 11.7. The molecule has 0 fully saturated rings. The molecule has 280 valence electrons. The first-order valence-electron chi connectivity index (χ1n) is 20.2. The summed E-state index contributed by atoms with van der Waals surface area (Å²) in [5.41, 5.74) is 14.3. The Bertz CT molecular complexity index is 3470. The van der Waals surface area contributed by atoms with Crippen molar-refractivity contribution in [2.45, 2.75) is 0 Å². The van der Waals surface area contributed by atoms with E-state index in [-0.39, 0.29) is 0 Å². The van der Waals surface area contributed by atoms with E-state index < -0.39 is 0 Å². The van der Waals surface area contributed by atoms with Crippen molar-refractivity contribution >= 4 is 54.6 Å². The summed E-state index contributed by atoms with van der Waals surface area (Å²) in [6.07, 6.45) is 0. The van der Waals surface area contributed by atoms with Gasteiger partial charge in [0.2, 0.25) is 0 Å². The van der Waals surface area contributed by atoms with Gasteiger partial charge in [0.1, 0.15) is 22.3 Å². The molecule has 0 unspecified atom stereocenters. The van der Waals surface area contributed by atoms with Crippen LogP contribution in [0.4, 0.5) is 0 Å². The third kappa shape index (κ3) is 5.46. The van der Waals surface area contributed by atoms with E-state index >= 15 is 0 Å². The monoisotopic (exact) mass is 766 g/mol. The van der Waals surface area contributed by atoms with Gasteiger partial charge >= 0.3 is 0 Å². The number of para-hydroxylation sites is 4. The maximum atomic E-state index is 6.61. The van der Waals surface area contributed by atoms with Crippen LogP contribution in [0.15, 0.2) is 215 Å². The first-order valence-corrected chi connectivity index (χ1v) is 20.2. The van der Waals surface area contributed by atoms with E-state index in [2.05, 4.69) is 182 Å². The molecule has 9 aromatic carbocycles. The van der Waals surface area contributed by atoms with Crippen LogP contribution in [0.2, 0.25) is 0 Å². The summed E-state index contributed by atoms with van der Waals surface area (Å²) in [4.78, 5) is 11.0. The molecule has 0 bridgehead atoms. The molecule has 0 N–H and O–H groups in total. The highest BCUT2D eigenvalue weighted by atomic mass is 16.3. The van der Waals surface area contributed by atoms with Crippen LogP contribution in [0.5, 0.6) is 0 Å². The highest BCUT2D eigenvalue weighted by Gasteiger charge is 2.23. The summed E-state index contributed by atoms with van der Waals surface area (Å²) in [6.45, 7) is 0. The van der Waals surface area contributed by atoms with Gasteiger partial charge in [-0.3, -0.25) is 0 Å². The van der Waals surface area contributed by atoms with E-state index in [4.69, 9.17) is 18.8 Å². The van der Waals surface area contributed by atoms with Crippen LogP contribution in [-0.4, -0.2) is 9.97 Å². The SMILES string of the molecule is c1ccc(-c2c(-c3nc(-c4cccc5c4oc4ccccc45)cc(-c4cccc5c4oc4ccccc45)n3)cccc2-c2ccc(-c3ccccc3)c3ccccc23)cc1. The summed E-state index contributed by atoms with van der Waals surface area (Å²) < 4.78 is 13.2. The predicted molar refractivity (Wildman–Crippen MR) is 247 cm³/mol. The fourth-order valence-electron chi connectivity index (χ4n) is 9.02. The van der Waals surface area contributed by atoms with Crippen molar-refractivity contribution in [3.8, 4) is 67.3 Å². The molecule has 0 atom stereocenters. The second-order valence-corrected chi connectivity index (χ2v) is 15.2. The molecule has 4 heteroatoms. The van der Waals surface area contributed by atoms with Gasteiger partial charge in [0.05, 0.1) is 11.4 Å². The zero-order valence-corrected chi connectivity index (χ0v) is 32.3. The summed E-state index contributed by atoms with van der Waals surface area (Å²) in [7, 11) is 0. The van der Waals surface area contributed by atoms with Crippen molar-refractivity contribution in [1.82, 2.24) is 9.97 Å². The molecule has 3 heterocycles. The number of furan rings is 2. The van der Waals surface area contributed by atoms with Gasteiger partial charge in [-0.2, -0.15) is 0 Å². The number of nitrogens with zero attached hydrogens (tertiary/aromatic N) is 2. The highest BCUT2D eigenvalue weighted by Crippen LogP contribution is 2.45. The molecule has 60 heavy (non-hydrogen) atoms. The topological polar surface area (TPSA) is 52.1 Å². The Morgan fingerprint density at radius 3 is 1.32 bits per heavy atom. The lowest BCUT2D eigenvalue weighted by atomic mass is 9.86. The van der Waals surface area contributed by atoms with E-state index in [9.17, 15) is 0 Å². The summed E-state index contributed by atoms with van der Waals surface area (Å²) >= 11 is 0. The minimum atomic E-state index is 0.606. The molecular weight excluding hydrogens is 733 g/mol. The summed E-state index contributed by atoms with van der Waals surface area (Å²) in [6, 6.07) is 72.0. The fraction of sp³-hybridized carbons (Fsp3) is 0. The first kappa shape index (κ1) is 34.0. The Hall–Kier alpha value is -8.08. The number of hydrogen-bond donors (Lipinski definition) is 0. The van der Waals surface area contributed by atoms with Crippen LogP contribution < -0.4 is 0 Å². The first-order chi connectivity index (χ1) is 29.8. The van der Waals surface area contributed by atoms with Gasteiger partial charge in [-0.15, -0.1) is 0 Å². The largest absolute Gasteiger partial charge is 0.455 e. The maximum Gasteiger partial charge on any atom is 0.161 e. The Morgan fingerprint density at radius 2 is 0.717 bits per heavy atom. The number of benzene rings is 9. The molecule has 0 saturated heterocycles. The maximum absolute atomic E-state index is 6.61. The molecule has 0 aliphatic carbocycles. The van der Waals surface area contributed by atoms with E-state index in [1.165, 1.54) is 21.9 Å². The number of fused-ring (bicyclic) bond motifs is 7. The summed E-state index contributed by atoms with van der Waals surface area (Å²) in [5, 5.41) is 6.60. The van der Waals surface area contributed by atoms with Gasteiger partial charge in [-0.05, 0) is 68.9 Å². The highest BCUT2D eigenvalue weighted by molar-refractivity contribution is 6.12.